The fraction of sp³-hybridized carbons (Fsp3) is 0.0256. The van der Waals surface area contributed by atoms with E-state index in [4.69, 9.17) is 0 Å². The van der Waals surface area contributed by atoms with Gasteiger partial charge in [-0.25, -0.2) is 0 Å². The number of rotatable bonds is 5. The fourth-order valence-electron chi connectivity index (χ4n) is 6.41. The summed E-state index contributed by atoms with van der Waals surface area (Å²) in [5.41, 5.74) is 7.57. The van der Waals surface area contributed by atoms with Gasteiger partial charge in [-0.1, -0.05) is 115 Å². The van der Waals surface area contributed by atoms with E-state index in [1.165, 1.54) is 10.8 Å². The van der Waals surface area contributed by atoms with E-state index in [0.717, 1.165) is 39.0 Å². The van der Waals surface area contributed by atoms with Crippen LogP contribution in [0, 0.1) is 22.7 Å². The lowest BCUT2D eigenvalue weighted by Crippen LogP contribution is -2.31. The van der Waals surface area contributed by atoms with E-state index in [9.17, 15) is 10.5 Å². The molecule has 7 rings (SSSR count). The van der Waals surface area contributed by atoms with Crippen molar-refractivity contribution in [3.05, 3.63) is 185 Å². The summed E-state index contributed by atoms with van der Waals surface area (Å²) >= 11 is 0. The number of fused-ring (bicyclic) bond motifs is 3. The van der Waals surface area contributed by atoms with E-state index in [1.54, 1.807) is 6.07 Å². The summed E-state index contributed by atoms with van der Waals surface area (Å²) in [5, 5.41) is 22.1. The van der Waals surface area contributed by atoms with Crippen molar-refractivity contribution in [1.82, 2.24) is 4.57 Å². The van der Waals surface area contributed by atoms with E-state index >= 15 is 0 Å². The maximum Gasteiger partial charge on any atom is 0.101 e. The van der Waals surface area contributed by atoms with Crippen LogP contribution in [-0.2, 0) is 5.41 Å². The number of nitriles is 2. The second-order valence-corrected chi connectivity index (χ2v) is 10.4. The highest BCUT2D eigenvalue weighted by Gasteiger charge is 2.38. The van der Waals surface area contributed by atoms with Crippen molar-refractivity contribution in [2.45, 2.75) is 5.41 Å². The smallest absolute Gasteiger partial charge is 0.101 e. The molecule has 0 spiro atoms. The molecular weight excluding hydrogens is 510 g/mol. The van der Waals surface area contributed by atoms with Gasteiger partial charge in [-0.3, -0.25) is 0 Å². The minimum Gasteiger partial charge on any atom is -0.309 e. The van der Waals surface area contributed by atoms with Gasteiger partial charge in [-0.2, -0.15) is 10.5 Å². The quantitative estimate of drug-likeness (QED) is 0.207. The second kappa shape index (κ2) is 10.3. The van der Waals surface area contributed by atoms with Crippen molar-refractivity contribution in [3.8, 4) is 17.8 Å². The van der Waals surface area contributed by atoms with Gasteiger partial charge < -0.3 is 4.57 Å². The summed E-state index contributed by atoms with van der Waals surface area (Å²) in [4.78, 5) is 0. The number of para-hydroxylation sites is 2. The van der Waals surface area contributed by atoms with Gasteiger partial charge in [0.1, 0.15) is 12.1 Å². The number of benzene rings is 6. The van der Waals surface area contributed by atoms with Gasteiger partial charge in [0.15, 0.2) is 0 Å². The highest BCUT2D eigenvalue weighted by atomic mass is 15.0. The molecule has 0 N–H and O–H groups in total. The van der Waals surface area contributed by atoms with Crippen molar-refractivity contribution >= 4 is 21.8 Å². The second-order valence-electron chi connectivity index (χ2n) is 10.4. The van der Waals surface area contributed by atoms with Crippen molar-refractivity contribution in [2.75, 3.05) is 0 Å². The Hall–Kier alpha value is -5.90. The molecule has 1 heterocycles. The normalized spacial score (nSPS) is 11.3. The molecule has 3 heteroatoms. The van der Waals surface area contributed by atoms with Crippen LogP contribution in [0.1, 0.15) is 33.4 Å². The first-order valence-electron chi connectivity index (χ1n) is 13.9. The van der Waals surface area contributed by atoms with Crippen LogP contribution >= 0.6 is 0 Å². The van der Waals surface area contributed by atoms with Gasteiger partial charge >= 0.3 is 0 Å². The van der Waals surface area contributed by atoms with E-state index < -0.39 is 5.41 Å². The molecule has 0 radical (unpaired) electrons. The topological polar surface area (TPSA) is 52.5 Å². The first-order chi connectivity index (χ1) is 20.8. The Morgan fingerprint density at radius 2 is 0.881 bits per heavy atom. The third-order valence-electron chi connectivity index (χ3n) is 8.25. The predicted octanol–water partition coefficient (Wildman–Crippen LogP) is 8.91. The van der Waals surface area contributed by atoms with Crippen LogP contribution in [-0.4, -0.2) is 4.57 Å². The summed E-state index contributed by atoms with van der Waals surface area (Å²) in [6, 6.07) is 56.6. The zero-order valence-electron chi connectivity index (χ0n) is 22.8. The Labute approximate surface area is 244 Å². The van der Waals surface area contributed by atoms with Crippen LogP contribution in [0.15, 0.2) is 152 Å². The Kier molecular flexibility index (Phi) is 6.12. The van der Waals surface area contributed by atoms with Gasteiger partial charge in [0.05, 0.1) is 27.6 Å². The largest absolute Gasteiger partial charge is 0.309 e. The highest BCUT2D eigenvalue weighted by molar-refractivity contribution is 6.09. The van der Waals surface area contributed by atoms with Gasteiger partial charge in [-0.05, 0) is 58.7 Å². The molecule has 0 saturated heterocycles. The molecule has 42 heavy (non-hydrogen) atoms. The Balaban J connectivity index is 1.51. The molecule has 0 saturated carbocycles. The van der Waals surface area contributed by atoms with Crippen molar-refractivity contribution in [3.63, 3.8) is 0 Å². The summed E-state index contributed by atoms with van der Waals surface area (Å²) in [5.74, 6) is 0. The Bertz CT molecular complexity index is 2050. The summed E-state index contributed by atoms with van der Waals surface area (Å²) in [7, 11) is 0. The Morgan fingerprint density at radius 1 is 0.429 bits per heavy atom. The average molecular weight is 536 g/mol. The van der Waals surface area contributed by atoms with Crippen molar-refractivity contribution in [1.29, 1.82) is 10.5 Å². The molecule has 0 aliphatic heterocycles. The number of hydrogen-bond donors (Lipinski definition) is 0. The van der Waals surface area contributed by atoms with Crippen molar-refractivity contribution < 1.29 is 0 Å². The number of nitrogens with zero attached hydrogens (tertiary/aromatic N) is 3. The minimum atomic E-state index is -0.721. The molecule has 6 aromatic carbocycles. The summed E-state index contributed by atoms with van der Waals surface area (Å²) in [6.07, 6.45) is 0. The summed E-state index contributed by atoms with van der Waals surface area (Å²) < 4.78 is 2.32. The Morgan fingerprint density at radius 3 is 1.40 bits per heavy atom. The van der Waals surface area contributed by atoms with E-state index in [2.05, 4.69) is 114 Å². The van der Waals surface area contributed by atoms with Crippen LogP contribution in [0.2, 0.25) is 0 Å². The number of aromatic nitrogens is 1. The molecule has 0 aliphatic rings. The lowest BCUT2D eigenvalue weighted by atomic mass is 9.65. The molecule has 0 aliphatic carbocycles. The zero-order chi connectivity index (χ0) is 28.5. The monoisotopic (exact) mass is 535 g/mol. The predicted molar refractivity (Wildman–Crippen MR) is 169 cm³/mol. The first-order valence-corrected chi connectivity index (χ1v) is 13.9. The van der Waals surface area contributed by atoms with Crippen LogP contribution in [0.25, 0.3) is 27.5 Å². The minimum absolute atomic E-state index is 0.369. The van der Waals surface area contributed by atoms with Gasteiger partial charge in [0.25, 0.3) is 0 Å². The third-order valence-corrected chi connectivity index (χ3v) is 8.25. The lowest BCUT2D eigenvalue weighted by Gasteiger charge is -2.37. The summed E-state index contributed by atoms with van der Waals surface area (Å²) in [6.45, 7) is 0. The molecule has 0 atom stereocenters. The first kappa shape index (κ1) is 25.1. The van der Waals surface area contributed by atoms with E-state index in [-0.39, 0.29) is 0 Å². The SMILES string of the molecule is N#Cc1ccc(C(c2ccccc2)(c2ccccc2)c2ccc(-n3c4ccccc4c4ccccc43)cc2)cc1C#N. The lowest BCUT2D eigenvalue weighted by molar-refractivity contribution is 0.744. The molecule has 7 aromatic rings. The number of hydrogen-bond acceptors (Lipinski definition) is 2. The van der Waals surface area contributed by atoms with Crippen LogP contribution in [0.4, 0.5) is 0 Å². The molecule has 3 nitrogen and oxygen atoms in total. The van der Waals surface area contributed by atoms with Gasteiger partial charge in [0.2, 0.25) is 0 Å². The zero-order valence-corrected chi connectivity index (χ0v) is 22.8. The third kappa shape index (κ3) is 3.80. The van der Waals surface area contributed by atoms with Crippen LogP contribution in [0.3, 0.4) is 0 Å². The molecule has 0 unspecified atom stereocenters. The molecule has 0 amide bonds. The highest BCUT2D eigenvalue weighted by Crippen LogP contribution is 2.46. The molecular formula is C39H25N3. The van der Waals surface area contributed by atoms with Crippen LogP contribution in [0.5, 0.6) is 0 Å². The molecule has 0 fully saturated rings. The molecule has 0 bridgehead atoms. The maximum absolute atomic E-state index is 9.96. The van der Waals surface area contributed by atoms with Crippen molar-refractivity contribution in [2.24, 2.45) is 0 Å². The van der Waals surface area contributed by atoms with Crippen LogP contribution < -0.4 is 0 Å². The van der Waals surface area contributed by atoms with E-state index in [0.29, 0.717) is 11.1 Å². The maximum atomic E-state index is 9.96. The van der Waals surface area contributed by atoms with Gasteiger partial charge in [-0.15, -0.1) is 0 Å². The van der Waals surface area contributed by atoms with Gasteiger partial charge in [0, 0.05) is 16.5 Å². The molecule has 196 valence electrons. The fourth-order valence-corrected chi connectivity index (χ4v) is 6.41. The average Bonchev–Trinajstić information content (AvgIpc) is 3.41. The molecule has 1 aromatic heterocycles. The van der Waals surface area contributed by atoms with E-state index in [1.807, 2.05) is 48.5 Å². The standard InChI is InChI=1S/C39H25N3/c40-26-28-19-20-33(25-29(28)27-41)39(30-11-3-1-4-12-30,31-13-5-2-6-14-31)32-21-23-34(24-22-32)42-37-17-9-7-15-35(37)36-16-8-10-18-38(36)42/h1-25H.